The standard InChI is InChI=1S/C27H40O6/c1-18(28)29-17-26-10-11-27(32-14-15-33-27)16-19(26)4-5-20-21-6-7-23(25(3)30-12-13-31-25)24(21,2)9-8-22(20)26/h8,19-21,23H,4-7,9-17H2,1-3H3. The van der Waals surface area contributed by atoms with Crippen LogP contribution in [0, 0.1) is 34.5 Å². The van der Waals surface area contributed by atoms with Crippen molar-refractivity contribution in [1.29, 1.82) is 0 Å². The van der Waals surface area contributed by atoms with Crippen molar-refractivity contribution in [3.05, 3.63) is 11.6 Å². The zero-order valence-electron chi connectivity index (χ0n) is 20.5. The minimum absolute atomic E-state index is 0.0706. The first-order chi connectivity index (χ1) is 15.8. The van der Waals surface area contributed by atoms with Crippen LogP contribution in [0.3, 0.4) is 0 Å². The van der Waals surface area contributed by atoms with Crippen molar-refractivity contribution in [2.24, 2.45) is 34.5 Å². The van der Waals surface area contributed by atoms with E-state index >= 15 is 0 Å². The normalized spacial score (nSPS) is 45.2. The molecule has 0 radical (unpaired) electrons. The SMILES string of the molecule is CC(=O)OCC12CCC3(CC1CCC1C2=CCC2(C)C1CCC2C1(C)OCCO1)OCCO3. The van der Waals surface area contributed by atoms with Gasteiger partial charge in [0.15, 0.2) is 11.6 Å². The van der Waals surface area contributed by atoms with Gasteiger partial charge in [-0.1, -0.05) is 18.6 Å². The number of allylic oxidation sites excluding steroid dienone is 1. The molecular weight excluding hydrogens is 420 g/mol. The molecular formula is C27H40O6. The molecule has 6 atom stereocenters. The highest BCUT2D eigenvalue weighted by Gasteiger charge is 2.64. The number of rotatable bonds is 3. The molecule has 1 spiro atoms. The van der Waals surface area contributed by atoms with Crippen LogP contribution in [0.1, 0.15) is 72.1 Å². The molecule has 0 aromatic heterocycles. The van der Waals surface area contributed by atoms with Crippen molar-refractivity contribution >= 4 is 5.97 Å². The molecule has 33 heavy (non-hydrogen) atoms. The van der Waals surface area contributed by atoms with Crippen LogP contribution in [0.15, 0.2) is 11.6 Å². The molecule has 6 heteroatoms. The molecule has 6 nitrogen and oxygen atoms in total. The van der Waals surface area contributed by atoms with Gasteiger partial charge in [0.05, 0.1) is 26.4 Å². The van der Waals surface area contributed by atoms with E-state index in [1.54, 1.807) is 5.57 Å². The molecule has 0 bridgehead atoms. The number of carbonyl (C=O) groups excluding carboxylic acids is 1. The van der Waals surface area contributed by atoms with Crippen LogP contribution in [0.25, 0.3) is 0 Å². The minimum atomic E-state index is -0.449. The van der Waals surface area contributed by atoms with Gasteiger partial charge in [-0.05, 0) is 68.6 Å². The van der Waals surface area contributed by atoms with E-state index in [0.29, 0.717) is 56.7 Å². The summed E-state index contributed by atoms with van der Waals surface area (Å²) < 4.78 is 30.4. The van der Waals surface area contributed by atoms with E-state index in [1.165, 1.54) is 26.2 Å². The lowest BCUT2D eigenvalue weighted by molar-refractivity contribution is -0.219. The second kappa shape index (κ2) is 7.78. The summed E-state index contributed by atoms with van der Waals surface area (Å²) in [6, 6.07) is 0. The van der Waals surface area contributed by atoms with Crippen LogP contribution < -0.4 is 0 Å². The molecule has 184 valence electrons. The smallest absolute Gasteiger partial charge is 0.302 e. The number of hydrogen-bond donors (Lipinski definition) is 0. The Balaban J connectivity index is 1.33. The Labute approximate surface area is 197 Å². The summed E-state index contributed by atoms with van der Waals surface area (Å²) in [5.74, 6) is 1.02. The lowest BCUT2D eigenvalue weighted by Gasteiger charge is -2.59. The van der Waals surface area contributed by atoms with E-state index in [1.807, 2.05) is 0 Å². The molecule has 0 aromatic carbocycles. The zero-order valence-corrected chi connectivity index (χ0v) is 20.5. The minimum Gasteiger partial charge on any atom is -0.465 e. The van der Waals surface area contributed by atoms with Gasteiger partial charge in [0.2, 0.25) is 0 Å². The average molecular weight is 461 g/mol. The van der Waals surface area contributed by atoms with Crippen LogP contribution >= 0.6 is 0 Å². The highest BCUT2D eigenvalue weighted by atomic mass is 16.7. The van der Waals surface area contributed by atoms with Gasteiger partial charge in [-0.15, -0.1) is 0 Å². The first kappa shape index (κ1) is 22.5. The summed E-state index contributed by atoms with van der Waals surface area (Å²) in [5, 5.41) is 0. The van der Waals surface area contributed by atoms with Crippen molar-refractivity contribution in [2.45, 2.75) is 83.7 Å². The predicted molar refractivity (Wildman–Crippen MR) is 121 cm³/mol. The average Bonchev–Trinajstić information content (AvgIpc) is 3.51. The Morgan fingerprint density at radius 1 is 1.00 bits per heavy atom. The molecule has 0 N–H and O–H groups in total. The van der Waals surface area contributed by atoms with Crippen LogP contribution in [0.4, 0.5) is 0 Å². The fourth-order valence-corrected chi connectivity index (χ4v) is 9.13. The third kappa shape index (κ3) is 3.30. The van der Waals surface area contributed by atoms with Crippen LogP contribution in [0.5, 0.6) is 0 Å². The lowest BCUT2D eigenvalue weighted by Crippen LogP contribution is -2.55. The van der Waals surface area contributed by atoms with E-state index in [4.69, 9.17) is 23.7 Å². The molecule has 3 saturated carbocycles. The van der Waals surface area contributed by atoms with Crippen molar-refractivity contribution in [3.8, 4) is 0 Å². The Hall–Kier alpha value is -0.950. The summed E-state index contributed by atoms with van der Waals surface area (Å²) in [5.41, 5.74) is 1.70. The zero-order chi connectivity index (χ0) is 22.9. The van der Waals surface area contributed by atoms with Gasteiger partial charge < -0.3 is 23.7 Å². The summed E-state index contributed by atoms with van der Waals surface area (Å²) >= 11 is 0. The lowest BCUT2D eigenvalue weighted by atomic mass is 9.47. The molecule has 2 aliphatic heterocycles. The van der Waals surface area contributed by atoms with Crippen LogP contribution in [-0.2, 0) is 28.5 Å². The topological polar surface area (TPSA) is 63.2 Å². The Morgan fingerprint density at radius 2 is 1.73 bits per heavy atom. The third-order valence-electron chi connectivity index (χ3n) is 10.6. The first-order valence-electron chi connectivity index (χ1n) is 13.2. The van der Waals surface area contributed by atoms with Crippen molar-refractivity contribution in [2.75, 3.05) is 33.0 Å². The molecule has 2 saturated heterocycles. The van der Waals surface area contributed by atoms with Crippen LogP contribution in [0.2, 0.25) is 0 Å². The number of ether oxygens (including phenoxy) is 5. The highest BCUT2D eigenvalue weighted by molar-refractivity contribution is 5.66. The second-order valence-corrected chi connectivity index (χ2v) is 11.9. The summed E-state index contributed by atoms with van der Waals surface area (Å²) in [7, 11) is 0. The van der Waals surface area contributed by atoms with Gasteiger partial charge in [0.25, 0.3) is 0 Å². The van der Waals surface area contributed by atoms with E-state index in [9.17, 15) is 4.79 Å². The maximum atomic E-state index is 11.9. The van der Waals surface area contributed by atoms with Gasteiger partial charge in [0.1, 0.15) is 6.61 Å². The van der Waals surface area contributed by atoms with Crippen molar-refractivity contribution in [3.63, 3.8) is 0 Å². The quantitative estimate of drug-likeness (QED) is 0.453. The monoisotopic (exact) mass is 460 g/mol. The molecule has 4 aliphatic carbocycles. The van der Waals surface area contributed by atoms with E-state index in [0.717, 1.165) is 32.1 Å². The van der Waals surface area contributed by atoms with Gasteiger partial charge in [-0.2, -0.15) is 0 Å². The van der Waals surface area contributed by atoms with Gasteiger partial charge in [-0.3, -0.25) is 4.79 Å². The van der Waals surface area contributed by atoms with Gasteiger partial charge >= 0.3 is 5.97 Å². The molecule has 6 aliphatic rings. The second-order valence-electron chi connectivity index (χ2n) is 11.9. The molecule has 0 amide bonds. The molecule has 6 unspecified atom stereocenters. The molecule has 2 heterocycles. The maximum Gasteiger partial charge on any atom is 0.302 e. The summed E-state index contributed by atoms with van der Waals surface area (Å²) in [6.07, 6.45) is 11.2. The van der Waals surface area contributed by atoms with E-state index in [-0.39, 0.29) is 16.8 Å². The largest absolute Gasteiger partial charge is 0.465 e. The highest BCUT2D eigenvalue weighted by Crippen LogP contribution is 2.68. The molecule has 6 rings (SSSR count). The number of fused-ring (bicyclic) bond motifs is 5. The maximum absolute atomic E-state index is 11.9. The van der Waals surface area contributed by atoms with Gasteiger partial charge in [-0.25, -0.2) is 0 Å². The predicted octanol–water partition coefficient (Wildman–Crippen LogP) is 4.61. The van der Waals surface area contributed by atoms with E-state index < -0.39 is 11.6 Å². The fourth-order valence-electron chi connectivity index (χ4n) is 9.13. The number of esters is 1. The van der Waals surface area contributed by atoms with Gasteiger partial charge in [0, 0.05) is 31.1 Å². The summed E-state index contributed by atoms with van der Waals surface area (Å²) in [4.78, 5) is 11.9. The first-order valence-corrected chi connectivity index (χ1v) is 13.2. The van der Waals surface area contributed by atoms with Crippen molar-refractivity contribution in [1.82, 2.24) is 0 Å². The Bertz CT molecular complexity index is 824. The Kier molecular flexibility index (Phi) is 5.30. The summed E-state index contributed by atoms with van der Waals surface area (Å²) in [6.45, 7) is 9.49. The molecule has 5 fully saturated rings. The number of carbonyl (C=O) groups is 1. The molecule has 0 aromatic rings. The number of hydrogen-bond acceptors (Lipinski definition) is 6. The van der Waals surface area contributed by atoms with E-state index in [2.05, 4.69) is 19.9 Å². The third-order valence-corrected chi connectivity index (χ3v) is 10.6. The Morgan fingerprint density at radius 3 is 2.45 bits per heavy atom. The van der Waals surface area contributed by atoms with Crippen molar-refractivity contribution < 1.29 is 28.5 Å². The van der Waals surface area contributed by atoms with Crippen LogP contribution in [-0.4, -0.2) is 50.6 Å². The fraction of sp³-hybridized carbons (Fsp3) is 0.889.